The highest BCUT2D eigenvalue weighted by atomic mass is 16.5. The third kappa shape index (κ3) is 3.44. The van der Waals surface area contributed by atoms with Crippen molar-refractivity contribution in [1.29, 1.82) is 0 Å². The molecular formula is C16H23NO5. The van der Waals surface area contributed by atoms with Gasteiger partial charge in [0.25, 0.3) is 5.91 Å². The van der Waals surface area contributed by atoms with Crippen molar-refractivity contribution < 1.29 is 24.1 Å². The van der Waals surface area contributed by atoms with Crippen molar-refractivity contribution in [3.63, 3.8) is 0 Å². The normalized spacial score (nSPS) is 16.2. The highest BCUT2D eigenvalue weighted by molar-refractivity contribution is 5.95. The molecule has 6 nitrogen and oxygen atoms in total. The van der Waals surface area contributed by atoms with Crippen molar-refractivity contribution in [2.24, 2.45) is 0 Å². The quantitative estimate of drug-likeness (QED) is 0.837. The highest BCUT2D eigenvalue weighted by Crippen LogP contribution is 2.38. The van der Waals surface area contributed by atoms with Crippen LogP contribution in [0.15, 0.2) is 12.1 Å². The third-order valence-corrected chi connectivity index (χ3v) is 4.04. The average molecular weight is 309 g/mol. The number of nitrogens with one attached hydrogen (secondary N) is 1. The van der Waals surface area contributed by atoms with Crippen molar-refractivity contribution in [2.45, 2.75) is 31.3 Å². The Morgan fingerprint density at radius 2 is 1.68 bits per heavy atom. The van der Waals surface area contributed by atoms with Crippen molar-refractivity contribution >= 4 is 5.91 Å². The van der Waals surface area contributed by atoms with Crippen LogP contribution in [0.25, 0.3) is 0 Å². The summed E-state index contributed by atoms with van der Waals surface area (Å²) in [5, 5.41) is 13.1. The van der Waals surface area contributed by atoms with Crippen molar-refractivity contribution in [3.8, 4) is 17.2 Å². The van der Waals surface area contributed by atoms with Gasteiger partial charge in [-0.3, -0.25) is 4.79 Å². The minimum Gasteiger partial charge on any atom is -0.493 e. The molecule has 0 aliphatic heterocycles. The Bertz CT molecular complexity index is 512. The summed E-state index contributed by atoms with van der Waals surface area (Å²) >= 11 is 0. The number of benzene rings is 1. The van der Waals surface area contributed by atoms with E-state index in [0.29, 0.717) is 22.8 Å². The van der Waals surface area contributed by atoms with E-state index < -0.39 is 5.60 Å². The Kier molecular flexibility index (Phi) is 5.13. The zero-order valence-electron chi connectivity index (χ0n) is 13.3. The van der Waals surface area contributed by atoms with Gasteiger partial charge in [-0.2, -0.15) is 0 Å². The molecule has 122 valence electrons. The van der Waals surface area contributed by atoms with Gasteiger partial charge in [0.2, 0.25) is 5.75 Å². The maximum Gasteiger partial charge on any atom is 0.251 e. The largest absolute Gasteiger partial charge is 0.493 e. The third-order valence-electron chi connectivity index (χ3n) is 4.04. The van der Waals surface area contributed by atoms with Gasteiger partial charge in [-0.25, -0.2) is 0 Å². The second-order valence-electron chi connectivity index (χ2n) is 5.53. The summed E-state index contributed by atoms with van der Waals surface area (Å²) < 4.78 is 15.7. The molecular weight excluding hydrogens is 286 g/mol. The highest BCUT2D eigenvalue weighted by Gasteiger charge is 2.31. The van der Waals surface area contributed by atoms with Gasteiger partial charge in [0.15, 0.2) is 11.5 Å². The monoisotopic (exact) mass is 309 g/mol. The summed E-state index contributed by atoms with van der Waals surface area (Å²) in [7, 11) is 4.51. The predicted octanol–water partition coefficient (Wildman–Crippen LogP) is 1.75. The fourth-order valence-corrected chi connectivity index (χ4v) is 2.77. The standard InChI is InChI=1S/C16H23NO5/c1-20-12-8-11(9-13(21-2)14(12)22-3)15(18)17-10-16(19)6-4-5-7-16/h8-9,19H,4-7,10H2,1-3H3,(H,17,18). The van der Waals surface area contributed by atoms with E-state index in [0.717, 1.165) is 25.7 Å². The molecule has 0 saturated heterocycles. The van der Waals surface area contributed by atoms with E-state index in [4.69, 9.17) is 14.2 Å². The van der Waals surface area contributed by atoms with E-state index in [-0.39, 0.29) is 12.5 Å². The van der Waals surface area contributed by atoms with Gasteiger partial charge in [0.05, 0.1) is 26.9 Å². The Balaban J connectivity index is 2.15. The molecule has 6 heteroatoms. The first-order chi connectivity index (χ1) is 10.5. The first kappa shape index (κ1) is 16.4. The molecule has 0 bridgehead atoms. The van der Waals surface area contributed by atoms with Gasteiger partial charge in [0, 0.05) is 12.1 Å². The Morgan fingerprint density at radius 1 is 1.14 bits per heavy atom. The molecule has 22 heavy (non-hydrogen) atoms. The molecule has 0 radical (unpaired) electrons. The first-order valence-corrected chi connectivity index (χ1v) is 7.33. The zero-order chi connectivity index (χ0) is 16.2. The number of hydrogen-bond acceptors (Lipinski definition) is 5. The molecule has 2 rings (SSSR count). The lowest BCUT2D eigenvalue weighted by atomic mass is 10.0. The topological polar surface area (TPSA) is 77.0 Å². The number of methoxy groups -OCH3 is 3. The number of carbonyl (C=O) groups is 1. The molecule has 1 aliphatic rings. The Hall–Kier alpha value is -1.95. The van der Waals surface area contributed by atoms with Crippen LogP contribution in [-0.4, -0.2) is 44.5 Å². The van der Waals surface area contributed by atoms with E-state index >= 15 is 0 Å². The summed E-state index contributed by atoms with van der Waals surface area (Å²) in [6.45, 7) is 0.252. The molecule has 2 N–H and O–H groups in total. The second-order valence-corrected chi connectivity index (χ2v) is 5.53. The summed E-state index contributed by atoms with van der Waals surface area (Å²) in [6.07, 6.45) is 3.44. The molecule has 1 aromatic carbocycles. The summed E-state index contributed by atoms with van der Waals surface area (Å²) in [5.41, 5.74) is -0.382. The maximum atomic E-state index is 12.3. The minimum absolute atomic E-state index is 0.252. The summed E-state index contributed by atoms with van der Waals surface area (Å²) in [4.78, 5) is 12.3. The minimum atomic E-state index is -0.781. The van der Waals surface area contributed by atoms with Crippen LogP contribution in [0.3, 0.4) is 0 Å². The molecule has 0 atom stereocenters. The lowest BCUT2D eigenvalue weighted by Gasteiger charge is -2.22. The molecule has 0 aromatic heterocycles. The maximum absolute atomic E-state index is 12.3. The molecule has 0 heterocycles. The number of carbonyl (C=O) groups excluding carboxylic acids is 1. The van der Waals surface area contributed by atoms with Crippen LogP contribution >= 0.6 is 0 Å². The lowest BCUT2D eigenvalue weighted by Crippen LogP contribution is -2.40. The van der Waals surface area contributed by atoms with Gasteiger partial charge in [-0.05, 0) is 25.0 Å². The molecule has 1 amide bonds. The number of ether oxygens (including phenoxy) is 3. The molecule has 1 saturated carbocycles. The van der Waals surface area contributed by atoms with Gasteiger partial charge in [-0.15, -0.1) is 0 Å². The fraction of sp³-hybridized carbons (Fsp3) is 0.562. The molecule has 1 aliphatic carbocycles. The van der Waals surface area contributed by atoms with Crippen LogP contribution in [0, 0.1) is 0 Å². The second kappa shape index (κ2) is 6.87. The fourth-order valence-electron chi connectivity index (χ4n) is 2.77. The number of rotatable bonds is 6. The Morgan fingerprint density at radius 3 is 2.14 bits per heavy atom. The van der Waals surface area contributed by atoms with Gasteiger partial charge in [0.1, 0.15) is 0 Å². The van der Waals surface area contributed by atoms with Crippen molar-refractivity contribution in [2.75, 3.05) is 27.9 Å². The van der Waals surface area contributed by atoms with Crippen LogP contribution < -0.4 is 19.5 Å². The summed E-state index contributed by atoms with van der Waals surface area (Å²) in [5.74, 6) is 1.01. The first-order valence-electron chi connectivity index (χ1n) is 7.33. The average Bonchev–Trinajstić information content (AvgIpc) is 2.98. The molecule has 0 unspecified atom stereocenters. The number of hydrogen-bond donors (Lipinski definition) is 2. The van der Waals surface area contributed by atoms with Crippen molar-refractivity contribution in [3.05, 3.63) is 17.7 Å². The Labute approximate surface area is 130 Å². The van der Waals surface area contributed by atoms with Gasteiger partial charge >= 0.3 is 0 Å². The van der Waals surface area contributed by atoms with E-state index in [9.17, 15) is 9.90 Å². The summed E-state index contributed by atoms with van der Waals surface area (Å²) in [6, 6.07) is 3.19. The van der Waals surface area contributed by atoms with Crippen LogP contribution in [0.4, 0.5) is 0 Å². The number of amides is 1. The number of aliphatic hydroxyl groups is 1. The van der Waals surface area contributed by atoms with Crippen LogP contribution in [0.5, 0.6) is 17.2 Å². The molecule has 1 fully saturated rings. The van der Waals surface area contributed by atoms with E-state index in [1.165, 1.54) is 21.3 Å². The zero-order valence-corrected chi connectivity index (χ0v) is 13.3. The predicted molar refractivity (Wildman–Crippen MR) is 81.8 cm³/mol. The van der Waals surface area contributed by atoms with Gasteiger partial charge < -0.3 is 24.6 Å². The van der Waals surface area contributed by atoms with Gasteiger partial charge in [-0.1, -0.05) is 12.8 Å². The van der Waals surface area contributed by atoms with Crippen LogP contribution in [0.1, 0.15) is 36.0 Å². The van der Waals surface area contributed by atoms with Crippen LogP contribution in [-0.2, 0) is 0 Å². The van der Waals surface area contributed by atoms with Crippen molar-refractivity contribution in [1.82, 2.24) is 5.32 Å². The van der Waals surface area contributed by atoms with E-state index in [1.807, 2.05) is 0 Å². The van der Waals surface area contributed by atoms with Crippen LogP contribution in [0.2, 0.25) is 0 Å². The molecule has 0 spiro atoms. The SMILES string of the molecule is COc1cc(C(=O)NCC2(O)CCCC2)cc(OC)c1OC. The van der Waals surface area contributed by atoms with E-state index in [2.05, 4.69) is 5.32 Å². The smallest absolute Gasteiger partial charge is 0.251 e. The van der Waals surface area contributed by atoms with E-state index in [1.54, 1.807) is 12.1 Å². The lowest BCUT2D eigenvalue weighted by molar-refractivity contribution is 0.0449. The molecule has 1 aromatic rings.